The normalized spacial score (nSPS) is 10.9. The van der Waals surface area contributed by atoms with Crippen LogP contribution in [0.1, 0.15) is 12.7 Å². The predicted octanol–water partition coefficient (Wildman–Crippen LogP) is 2.48. The second-order valence-corrected chi connectivity index (χ2v) is 5.19. The summed E-state index contributed by atoms with van der Waals surface area (Å²) in [5.74, 6) is 0.245. The first-order valence-electron chi connectivity index (χ1n) is 6.46. The Bertz CT molecular complexity index is 794. The van der Waals surface area contributed by atoms with Crippen LogP contribution < -0.4 is 4.74 Å². The quantitative estimate of drug-likeness (QED) is 0.783. The lowest BCUT2D eigenvalue weighted by atomic mass is 10.1. The number of thiazole rings is 1. The number of benzene rings is 1. The number of ether oxygens (including phenoxy) is 1. The molecule has 0 saturated heterocycles. The predicted molar refractivity (Wildman–Crippen MR) is 78.8 cm³/mol. The Morgan fingerprint density at radius 2 is 2.19 bits per heavy atom. The molecule has 0 unspecified atom stereocenters. The van der Waals surface area contributed by atoms with Gasteiger partial charge in [0.1, 0.15) is 18.0 Å². The molecular formula is C14H13N3O3S. The maximum Gasteiger partial charge on any atom is 0.311 e. The van der Waals surface area contributed by atoms with Crippen LogP contribution in [0, 0.1) is 0 Å². The summed E-state index contributed by atoms with van der Waals surface area (Å²) in [5.41, 5.74) is 1.75. The highest BCUT2D eigenvalue weighted by atomic mass is 32.1. The van der Waals surface area contributed by atoms with Crippen LogP contribution in [0.3, 0.4) is 0 Å². The van der Waals surface area contributed by atoms with E-state index < -0.39 is 5.97 Å². The molecule has 2 aromatic heterocycles. The fourth-order valence-electron chi connectivity index (χ4n) is 2.17. The van der Waals surface area contributed by atoms with Gasteiger partial charge in [0.05, 0.1) is 12.3 Å². The van der Waals surface area contributed by atoms with Crippen molar-refractivity contribution in [1.29, 1.82) is 0 Å². The molecule has 21 heavy (non-hydrogen) atoms. The molecule has 0 fully saturated rings. The minimum atomic E-state index is -0.931. The molecule has 1 aromatic carbocycles. The molecule has 2 heterocycles. The smallest absolute Gasteiger partial charge is 0.311 e. The zero-order chi connectivity index (χ0) is 14.8. The van der Waals surface area contributed by atoms with E-state index in [9.17, 15) is 4.79 Å². The van der Waals surface area contributed by atoms with Crippen LogP contribution >= 0.6 is 11.3 Å². The zero-order valence-electron chi connectivity index (χ0n) is 11.3. The van der Waals surface area contributed by atoms with Gasteiger partial charge >= 0.3 is 5.97 Å². The minimum Gasteiger partial charge on any atom is -0.493 e. The van der Waals surface area contributed by atoms with E-state index in [2.05, 4.69) is 10.2 Å². The van der Waals surface area contributed by atoms with Gasteiger partial charge in [-0.2, -0.15) is 0 Å². The summed E-state index contributed by atoms with van der Waals surface area (Å²) < 4.78 is 7.42. The molecule has 0 aliphatic heterocycles. The molecule has 108 valence electrons. The van der Waals surface area contributed by atoms with Crippen LogP contribution in [0.5, 0.6) is 5.75 Å². The van der Waals surface area contributed by atoms with Crippen LogP contribution in [0.25, 0.3) is 16.2 Å². The van der Waals surface area contributed by atoms with E-state index in [1.165, 1.54) is 11.3 Å². The summed E-state index contributed by atoms with van der Waals surface area (Å²) in [6, 6.07) is 7.66. The summed E-state index contributed by atoms with van der Waals surface area (Å²) in [6.07, 6.45) is -0.165. The molecule has 0 radical (unpaired) electrons. The molecule has 0 spiro atoms. The molecule has 0 saturated carbocycles. The highest BCUT2D eigenvalue weighted by Crippen LogP contribution is 2.33. The van der Waals surface area contributed by atoms with E-state index in [1.54, 1.807) is 4.40 Å². The van der Waals surface area contributed by atoms with Crippen molar-refractivity contribution in [3.63, 3.8) is 0 Å². The Kier molecular flexibility index (Phi) is 3.57. The Labute approximate surface area is 124 Å². The molecule has 1 N–H and O–H groups in total. The lowest BCUT2D eigenvalue weighted by Gasteiger charge is -2.09. The van der Waals surface area contributed by atoms with Crippen molar-refractivity contribution in [2.24, 2.45) is 0 Å². The molecule has 7 heteroatoms. The standard InChI is InChI=1S/C14H13N3O3S/c1-2-20-11-6-4-3-5-9(11)10-8-21-14-16-15-12(17(10)14)7-13(18)19/h3-6,8H,2,7H2,1H3,(H,18,19). The van der Waals surface area contributed by atoms with Gasteiger partial charge in [0.25, 0.3) is 0 Å². The molecule has 3 rings (SSSR count). The van der Waals surface area contributed by atoms with Crippen LogP contribution in [0.4, 0.5) is 0 Å². The highest BCUT2D eigenvalue weighted by molar-refractivity contribution is 7.15. The Balaban J connectivity index is 2.16. The first kappa shape index (κ1) is 13.6. The topological polar surface area (TPSA) is 76.7 Å². The van der Waals surface area contributed by atoms with Crippen molar-refractivity contribution in [3.05, 3.63) is 35.5 Å². The zero-order valence-corrected chi connectivity index (χ0v) is 12.1. The number of carboxylic acids is 1. The summed E-state index contributed by atoms with van der Waals surface area (Å²) in [5, 5.41) is 18.9. The third-order valence-electron chi connectivity index (χ3n) is 2.99. The number of carbonyl (C=O) groups is 1. The van der Waals surface area contributed by atoms with Crippen molar-refractivity contribution >= 4 is 22.3 Å². The van der Waals surface area contributed by atoms with Gasteiger partial charge < -0.3 is 9.84 Å². The molecule has 3 aromatic rings. The third kappa shape index (κ3) is 2.47. The van der Waals surface area contributed by atoms with Gasteiger partial charge in [0, 0.05) is 10.9 Å². The van der Waals surface area contributed by atoms with E-state index in [0.29, 0.717) is 17.4 Å². The summed E-state index contributed by atoms with van der Waals surface area (Å²) in [4.78, 5) is 11.6. The van der Waals surface area contributed by atoms with Gasteiger partial charge in [0.15, 0.2) is 0 Å². The average Bonchev–Trinajstić information content (AvgIpc) is 3.03. The van der Waals surface area contributed by atoms with Crippen molar-refractivity contribution < 1.29 is 14.6 Å². The largest absolute Gasteiger partial charge is 0.493 e. The van der Waals surface area contributed by atoms with Gasteiger partial charge in [0.2, 0.25) is 4.96 Å². The SMILES string of the molecule is CCOc1ccccc1-c1csc2nnc(CC(=O)O)n12. The lowest BCUT2D eigenvalue weighted by Crippen LogP contribution is -2.05. The van der Waals surface area contributed by atoms with Crippen LogP contribution in [0.15, 0.2) is 29.6 Å². The number of para-hydroxylation sites is 1. The molecule has 0 aliphatic rings. The molecule has 6 nitrogen and oxygen atoms in total. The fraction of sp³-hybridized carbons (Fsp3) is 0.214. The summed E-state index contributed by atoms with van der Waals surface area (Å²) in [7, 11) is 0. The van der Waals surface area contributed by atoms with E-state index in [4.69, 9.17) is 9.84 Å². The van der Waals surface area contributed by atoms with Gasteiger partial charge in [-0.25, -0.2) is 0 Å². The average molecular weight is 303 g/mol. The molecule has 0 atom stereocenters. The number of rotatable bonds is 5. The van der Waals surface area contributed by atoms with E-state index in [-0.39, 0.29) is 6.42 Å². The van der Waals surface area contributed by atoms with Crippen LogP contribution in [-0.4, -0.2) is 32.3 Å². The van der Waals surface area contributed by atoms with Gasteiger partial charge in [-0.3, -0.25) is 9.20 Å². The van der Waals surface area contributed by atoms with Crippen LogP contribution in [-0.2, 0) is 11.2 Å². The van der Waals surface area contributed by atoms with Crippen molar-refractivity contribution in [2.75, 3.05) is 6.61 Å². The molecular weight excluding hydrogens is 290 g/mol. The Morgan fingerprint density at radius 3 is 2.95 bits per heavy atom. The number of hydrogen-bond donors (Lipinski definition) is 1. The van der Waals surface area contributed by atoms with E-state index >= 15 is 0 Å². The lowest BCUT2D eigenvalue weighted by molar-refractivity contribution is -0.136. The van der Waals surface area contributed by atoms with Crippen molar-refractivity contribution in [1.82, 2.24) is 14.6 Å². The van der Waals surface area contributed by atoms with Crippen molar-refractivity contribution in [2.45, 2.75) is 13.3 Å². The number of carboxylic acid groups (broad SMARTS) is 1. The minimum absolute atomic E-state index is 0.165. The maximum atomic E-state index is 10.9. The fourth-order valence-corrected chi connectivity index (χ4v) is 3.02. The van der Waals surface area contributed by atoms with Gasteiger partial charge in [-0.1, -0.05) is 12.1 Å². The van der Waals surface area contributed by atoms with E-state index in [0.717, 1.165) is 17.0 Å². The van der Waals surface area contributed by atoms with E-state index in [1.807, 2.05) is 36.6 Å². The number of fused-ring (bicyclic) bond motifs is 1. The summed E-state index contributed by atoms with van der Waals surface area (Å²) >= 11 is 1.42. The number of aromatic nitrogens is 3. The Hall–Kier alpha value is -2.41. The first-order valence-corrected chi connectivity index (χ1v) is 7.34. The summed E-state index contributed by atoms with van der Waals surface area (Å²) in [6.45, 7) is 2.49. The third-order valence-corrected chi connectivity index (χ3v) is 3.81. The first-order chi connectivity index (χ1) is 10.2. The van der Waals surface area contributed by atoms with Gasteiger partial charge in [-0.15, -0.1) is 21.5 Å². The maximum absolute atomic E-state index is 10.9. The highest BCUT2D eigenvalue weighted by Gasteiger charge is 2.17. The molecule has 0 amide bonds. The number of aliphatic carboxylic acids is 1. The number of nitrogens with zero attached hydrogens (tertiary/aromatic N) is 3. The second kappa shape index (κ2) is 5.53. The monoisotopic (exact) mass is 303 g/mol. The second-order valence-electron chi connectivity index (χ2n) is 4.35. The Morgan fingerprint density at radius 1 is 1.38 bits per heavy atom. The molecule has 0 bridgehead atoms. The van der Waals surface area contributed by atoms with Gasteiger partial charge in [-0.05, 0) is 19.1 Å². The van der Waals surface area contributed by atoms with Crippen LogP contribution in [0.2, 0.25) is 0 Å². The number of hydrogen-bond acceptors (Lipinski definition) is 5. The molecule has 0 aliphatic carbocycles. The van der Waals surface area contributed by atoms with Crippen molar-refractivity contribution in [3.8, 4) is 17.0 Å².